The van der Waals surface area contributed by atoms with Crippen LogP contribution in [0.2, 0.25) is 0 Å². The first-order chi connectivity index (χ1) is 12.1. The molecule has 2 heterocycles. The molecule has 0 aliphatic carbocycles. The van der Waals surface area contributed by atoms with Gasteiger partial charge in [-0.25, -0.2) is 4.98 Å². The van der Waals surface area contributed by atoms with Crippen molar-refractivity contribution in [2.24, 2.45) is 0 Å². The minimum atomic E-state index is -0.0899. The van der Waals surface area contributed by atoms with Gasteiger partial charge in [-0.15, -0.1) is 0 Å². The molecule has 25 heavy (non-hydrogen) atoms. The Hall–Kier alpha value is -2.99. The summed E-state index contributed by atoms with van der Waals surface area (Å²) in [5, 5.41) is 1.27. The lowest BCUT2D eigenvalue weighted by Gasteiger charge is -2.16. The van der Waals surface area contributed by atoms with Gasteiger partial charge < -0.3 is 4.57 Å². The van der Waals surface area contributed by atoms with Gasteiger partial charge in [-0.1, -0.05) is 35.6 Å². The highest BCUT2D eigenvalue weighted by molar-refractivity contribution is 7.22. The minimum Gasteiger partial charge on any atom is -0.338 e. The van der Waals surface area contributed by atoms with Gasteiger partial charge >= 0.3 is 0 Å². The number of pyridine rings is 1. The van der Waals surface area contributed by atoms with E-state index in [1.165, 1.54) is 17.4 Å². The van der Waals surface area contributed by atoms with Gasteiger partial charge in [0.05, 0.1) is 15.7 Å². The summed E-state index contributed by atoms with van der Waals surface area (Å²) in [5.74, 6) is -0.0899. The molecule has 0 N–H and O–H groups in total. The van der Waals surface area contributed by atoms with Crippen molar-refractivity contribution in [3.8, 4) is 0 Å². The number of hydrogen-bond donors (Lipinski definition) is 0. The first kappa shape index (κ1) is 15.5. The van der Waals surface area contributed by atoms with Crippen molar-refractivity contribution in [2.45, 2.75) is 6.54 Å². The third-order valence-electron chi connectivity index (χ3n) is 4.13. The van der Waals surface area contributed by atoms with Crippen LogP contribution in [0.5, 0.6) is 0 Å². The Labute approximate surface area is 147 Å². The minimum absolute atomic E-state index is 0.0428. The number of likely N-dealkylation sites (N-methyl/N-ethyl adjacent to an activating group) is 1. The SMILES string of the molecule is CN(C(=O)Cn1ccc(=O)c2ccccc21)c1nc2ccccc2s1. The Morgan fingerprint density at radius 3 is 2.72 bits per heavy atom. The second kappa shape index (κ2) is 6.14. The van der Waals surface area contributed by atoms with E-state index in [4.69, 9.17) is 0 Å². The van der Waals surface area contributed by atoms with Crippen molar-refractivity contribution in [3.63, 3.8) is 0 Å². The Bertz CT molecular complexity index is 1110. The number of rotatable bonds is 3. The average molecular weight is 349 g/mol. The number of nitrogens with zero attached hydrogens (tertiary/aromatic N) is 3. The van der Waals surface area contributed by atoms with E-state index in [9.17, 15) is 9.59 Å². The third kappa shape index (κ3) is 2.81. The van der Waals surface area contributed by atoms with E-state index in [-0.39, 0.29) is 17.9 Å². The zero-order valence-corrected chi connectivity index (χ0v) is 14.4. The molecule has 4 aromatic rings. The molecule has 0 saturated carbocycles. The topological polar surface area (TPSA) is 55.2 Å². The van der Waals surface area contributed by atoms with Crippen molar-refractivity contribution >= 4 is 43.5 Å². The van der Waals surface area contributed by atoms with Crippen molar-refractivity contribution < 1.29 is 4.79 Å². The van der Waals surface area contributed by atoms with Crippen molar-refractivity contribution in [1.82, 2.24) is 9.55 Å². The molecule has 0 unspecified atom stereocenters. The molecule has 0 fully saturated rings. The van der Waals surface area contributed by atoms with Crippen LogP contribution >= 0.6 is 11.3 Å². The van der Waals surface area contributed by atoms with E-state index in [2.05, 4.69) is 4.98 Å². The molecular weight excluding hydrogens is 334 g/mol. The second-order valence-electron chi connectivity index (χ2n) is 5.74. The molecule has 0 atom stereocenters. The number of amides is 1. The highest BCUT2D eigenvalue weighted by Crippen LogP contribution is 2.28. The first-order valence-corrected chi connectivity index (χ1v) is 8.65. The Balaban J connectivity index is 1.66. The zero-order valence-electron chi connectivity index (χ0n) is 13.5. The lowest BCUT2D eigenvalue weighted by atomic mass is 10.2. The Morgan fingerprint density at radius 2 is 1.88 bits per heavy atom. The van der Waals surface area contributed by atoms with Crippen LogP contribution in [0.25, 0.3) is 21.1 Å². The molecule has 6 heteroatoms. The molecule has 2 aromatic heterocycles. The quantitative estimate of drug-likeness (QED) is 0.570. The second-order valence-corrected chi connectivity index (χ2v) is 6.75. The third-order valence-corrected chi connectivity index (χ3v) is 5.25. The molecule has 0 radical (unpaired) electrons. The zero-order chi connectivity index (χ0) is 17.4. The summed E-state index contributed by atoms with van der Waals surface area (Å²) in [7, 11) is 1.73. The number of thiazole rings is 1. The lowest BCUT2D eigenvalue weighted by Crippen LogP contribution is -2.30. The summed E-state index contributed by atoms with van der Waals surface area (Å²) in [4.78, 5) is 30.7. The summed E-state index contributed by atoms with van der Waals surface area (Å²) < 4.78 is 2.84. The Morgan fingerprint density at radius 1 is 1.12 bits per heavy atom. The maximum atomic E-state index is 12.7. The number of aromatic nitrogens is 2. The van der Waals surface area contributed by atoms with Crippen molar-refractivity contribution in [1.29, 1.82) is 0 Å². The van der Waals surface area contributed by atoms with Gasteiger partial charge in [0.1, 0.15) is 6.54 Å². The number of para-hydroxylation sites is 2. The fraction of sp³-hybridized carbons (Fsp3) is 0.105. The van der Waals surface area contributed by atoms with E-state index in [1.54, 1.807) is 28.8 Å². The number of benzene rings is 2. The van der Waals surface area contributed by atoms with Gasteiger partial charge in [0.25, 0.3) is 0 Å². The van der Waals surface area contributed by atoms with Crippen LogP contribution in [-0.2, 0) is 11.3 Å². The summed E-state index contributed by atoms with van der Waals surface area (Å²) in [6.45, 7) is 0.146. The maximum absolute atomic E-state index is 12.7. The van der Waals surface area contributed by atoms with Gasteiger partial charge in [0, 0.05) is 24.7 Å². The molecule has 124 valence electrons. The van der Waals surface area contributed by atoms with E-state index in [0.717, 1.165) is 15.7 Å². The van der Waals surface area contributed by atoms with Crippen LogP contribution in [0, 0.1) is 0 Å². The first-order valence-electron chi connectivity index (χ1n) is 7.84. The summed E-state index contributed by atoms with van der Waals surface area (Å²) >= 11 is 1.49. The highest BCUT2D eigenvalue weighted by Gasteiger charge is 2.16. The number of carbonyl (C=O) groups is 1. The molecule has 0 saturated heterocycles. The van der Waals surface area contributed by atoms with Crippen LogP contribution in [0.4, 0.5) is 5.13 Å². The largest absolute Gasteiger partial charge is 0.338 e. The molecule has 2 aromatic carbocycles. The average Bonchev–Trinajstić information content (AvgIpc) is 3.07. The molecule has 0 bridgehead atoms. The Kier molecular flexibility index (Phi) is 3.82. The monoisotopic (exact) mass is 349 g/mol. The molecule has 5 nitrogen and oxygen atoms in total. The maximum Gasteiger partial charge on any atom is 0.248 e. The number of anilines is 1. The molecular formula is C19H15N3O2S. The van der Waals surface area contributed by atoms with Crippen molar-refractivity contribution in [3.05, 3.63) is 71.0 Å². The summed E-state index contributed by atoms with van der Waals surface area (Å²) in [6, 6.07) is 16.6. The fourth-order valence-electron chi connectivity index (χ4n) is 2.76. The molecule has 1 amide bonds. The standard InChI is InChI=1S/C19H15N3O2S/c1-21(19-20-14-7-3-5-9-17(14)25-19)18(24)12-22-11-10-16(23)13-6-2-4-8-15(13)22/h2-11H,12H2,1H3. The number of carbonyl (C=O) groups excluding carboxylic acids is 1. The highest BCUT2D eigenvalue weighted by atomic mass is 32.1. The van der Waals surface area contributed by atoms with E-state index in [1.807, 2.05) is 42.5 Å². The van der Waals surface area contributed by atoms with E-state index < -0.39 is 0 Å². The van der Waals surface area contributed by atoms with Crippen LogP contribution in [0.1, 0.15) is 0 Å². The van der Waals surface area contributed by atoms with E-state index in [0.29, 0.717) is 10.5 Å². The molecule has 0 spiro atoms. The van der Waals surface area contributed by atoms with Crippen LogP contribution in [0.15, 0.2) is 65.6 Å². The van der Waals surface area contributed by atoms with E-state index >= 15 is 0 Å². The molecule has 0 aliphatic rings. The number of hydrogen-bond acceptors (Lipinski definition) is 4. The summed E-state index contributed by atoms with van der Waals surface area (Å²) in [5.41, 5.74) is 1.59. The fourth-order valence-corrected chi connectivity index (χ4v) is 3.70. The lowest BCUT2D eigenvalue weighted by molar-refractivity contribution is -0.118. The molecule has 0 aliphatic heterocycles. The smallest absolute Gasteiger partial charge is 0.248 e. The summed E-state index contributed by atoms with van der Waals surface area (Å²) in [6.07, 6.45) is 1.66. The van der Waals surface area contributed by atoms with Crippen LogP contribution in [0.3, 0.4) is 0 Å². The van der Waals surface area contributed by atoms with Crippen LogP contribution < -0.4 is 10.3 Å². The predicted molar refractivity (Wildman–Crippen MR) is 101 cm³/mol. The van der Waals surface area contributed by atoms with Gasteiger partial charge in [-0.3, -0.25) is 14.5 Å². The van der Waals surface area contributed by atoms with Gasteiger partial charge in [-0.2, -0.15) is 0 Å². The van der Waals surface area contributed by atoms with Gasteiger partial charge in [0.2, 0.25) is 5.91 Å². The van der Waals surface area contributed by atoms with Gasteiger partial charge in [0.15, 0.2) is 10.6 Å². The number of fused-ring (bicyclic) bond motifs is 2. The normalized spacial score (nSPS) is 11.1. The molecule has 4 rings (SSSR count). The van der Waals surface area contributed by atoms with Crippen molar-refractivity contribution in [2.75, 3.05) is 11.9 Å². The van der Waals surface area contributed by atoms with Gasteiger partial charge in [-0.05, 0) is 24.3 Å². The van der Waals surface area contributed by atoms with Crippen LogP contribution in [-0.4, -0.2) is 22.5 Å². The predicted octanol–water partition coefficient (Wildman–Crippen LogP) is 3.27.